The largest absolute Gasteiger partial charge is 0.396 e. The van der Waals surface area contributed by atoms with Gasteiger partial charge in [-0.25, -0.2) is 9.97 Å². The molecule has 1 aromatic rings. The number of fused-ring (bicyclic) bond motifs is 1. The molecular weight excluding hydrogens is 231 g/mol. The van der Waals surface area contributed by atoms with Crippen LogP contribution < -0.4 is 5.32 Å². The summed E-state index contributed by atoms with van der Waals surface area (Å²) < 4.78 is 36.7. The molecule has 94 valence electrons. The van der Waals surface area contributed by atoms with Crippen molar-refractivity contribution >= 4 is 0 Å². The number of nitrogens with one attached hydrogen (secondary N) is 1. The van der Waals surface area contributed by atoms with Crippen molar-refractivity contribution in [1.82, 2.24) is 15.3 Å². The summed E-state index contributed by atoms with van der Waals surface area (Å²) in [6.45, 7) is 0. The Morgan fingerprint density at radius 3 is 2.88 bits per heavy atom. The summed E-state index contributed by atoms with van der Waals surface area (Å²) >= 11 is 0. The predicted octanol–water partition coefficient (Wildman–Crippen LogP) is 2.18. The van der Waals surface area contributed by atoms with E-state index in [-0.39, 0.29) is 11.9 Å². The average Bonchev–Trinajstić information content (AvgIpc) is 2.25. The van der Waals surface area contributed by atoms with Gasteiger partial charge in [-0.05, 0) is 26.3 Å². The molecule has 0 spiro atoms. The molecule has 1 aliphatic carbocycles. The first-order valence-corrected chi connectivity index (χ1v) is 5.58. The third kappa shape index (κ3) is 2.94. The van der Waals surface area contributed by atoms with E-state index in [2.05, 4.69) is 15.3 Å². The summed E-state index contributed by atoms with van der Waals surface area (Å²) in [4.78, 5) is 7.83. The molecule has 1 aromatic heterocycles. The molecule has 0 amide bonds. The van der Waals surface area contributed by atoms with Crippen molar-refractivity contribution in [3.63, 3.8) is 0 Å². The van der Waals surface area contributed by atoms with Crippen LogP contribution >= 0.6 is 0 Å². The molecule has 1 unspecified atom stereocenters. The normalized spacial score (nSPS) is 20.1. The summed E-state index contributed by atoms with van der Waals surface area (Å²) in [5, 5.41) is 3.13. The van der Waals surface area contributed by atoms with Crippen LogP contribution in [0.15, 0.2) is 6.20 Å². The summed E-state index contributed by atoms with van der Waals surface area (Å²) in [5.41, 5.74) is 1.69. The highest BCUT2D eigenvalue weighted by molar-refractivity contribution is 5.24. The summed E-state index contributed by atoms with van der Waals surface area (Å²) in [5.74, 6) is -0.131. The molecule has 2 rings (SSSR count). The molecule has 17 heavy (non-hydrogen) atoms. The highest BCUT2D eigenvalue weighted by atomic mass is 19.4. The fourth-order valence-corrected chi connectivity index (χ4v) is 2.15. The summed E-state index contributed by atoms with van der Waals surface area (Å²) in [7, 11) is 1.84. The molecule has 0 fully saturated rings. The number of hydrogen-bond donors (Lipinski definition) is 1. The third-order valence-corrected chi connectivity index (χ3v) is 2.94. The Bertz CT molecular complexity index is 403. The minimum Gasteiger partial charge on any atom is -0.313 e. The minimum atomic E-state index is -4.24. The van der Waals surface area contributed by atoms with Gasteiger partial charge in [0.1, 0.15) is 12.2 Å². The van der Waals surface area contributed by atoms with Gasteiger partial charge < -0.3 is 5.32 Å². The Kier molecular flexibility index (Phi) is 3.33. The zero-order valence-corrected chi connectivity index (χ0v) is 9.51. The molecule has 1 heterocycles. The van der Waals surface area contributed by atoms with Crippen molar-refractivity contribution < 1.29 is 13.2 Å². The van der Waals surface area contributed by atoms with Gasteiger partial charge in [0.2, 0.25) is 0 Å². The second kappa shape index (κ2) is 4.60. The standard InChI is InChI=1S/C11H14F3N3/c1-15-8-3-2-4-9-7(8)6-16-10(17-9)5-11(12,13)14/h6,8,15H,2-5H2,1H3. The monoisotopic (exact) mass is 245 g/mol. The lowest BCUT2D eigenvalue weighted by Crippen LogP contribution is -2.24. The first-order chi connectivity index (χ1) is 7.99. The lowest BCUT2D eigenvalue weighted by Gasteiger charge is -2.24. The van der Waals surface area contributed by atoms with Crippen molar-refractivity contribution in [2.75, 3.05) is 7.05 Å². The number of aromatic nitrogens is 2. The molecule has 0 bridgehead atoms. The van der Waals surface area contributed by atoms with Crippen LogP contribution in [-0.4, -0.2) is 23.2 Å². The lowest BCUT2D eigenvalue weighted by molar-refractivity contribution is -0.128. The van der Waals surface area contributed by atoms with Gasteiger partial charge in [0.05, 0.1) is 0 Å². The molecule has 0 saturated heterocycles. The topological polar surface area (TPSA) is 37.8 Å². The van der Waals surface area contributed by atoms with Crippen molar-refractivity contribution in [3.8, 4) is 0 Å². The maximum Gasteiger partial charge on any atom is 0.396 e. The lowest BCUT2D eigenvalue weighted by atomic mass is 9.92. The van der Waals surface area contributed by atoms with Gasteiger partial charge in [0.15, 0.2) is 0 Å². The Balaban J connectivity index is 2.25. The molecule has 0 saturated carbocycles. The van der Waals surface area contributed by atoms with Gasteiger partial charge in [-0.1, -0.05) is 0 Å². The molecular formula is C11H14F3N3. The highest BCUT2D eigenvalue weighted by Crippen LogP contribution is 2.28. The number of aryl methyl sites for hydroxylation is 1. The number of alkyl halides is 3. The van der Waals surface area contributed by atoms with Crippen LogP contribution in [0.2, 0.25) is 0 Å². The molecule has 6 heteroatoms. The second-order valence-corrected chi connectivity index (χ2v) is 4.21. The van der Waals surface area contributed by atoms with Crippen LogP contribution in [0.25, 0.3) is 0 Å². The number of nitrogens with zero attached hydrogens (tertiary/aromatic N) is 2. The van der Waals surface area contributed by atoms with Gasteiger partial charge in [-0.15, -0.1) is 0 Å². The molecule has 3 nitrogen and oxygen atoms in total. The molecule has 1 aliphatic rings. The average molecular weight is 245 g/mol. The maximum atomic E-state index is 12.2. The fraction of sp³-hybridized carbons (Fsp3) is 0.636. The van der Waals surface area contributed by atoms with Gasteiger partial charge in [-0.2, -0.15) is 13.2 Å². The second-order valence-electron chi connectivity index (χ2n) is 4.21. The maximum absolute atomic E-state index is 12.2. The predicted molar refractivity (Wildman–Crippen MR) is 56.5 cm³/mol. The molecule has 0 radical (unpaired) electrons. The highest BCUT2D eigenvalue weighted by Gasteiger charge is 2.30. The van der Waals surface area contributed by atoms with Crippen LogP contribution in [0.3, 0.4) is 0 Å². The molecule has 0 aliphatic heterocycles. The van der Waals surface area contributed by atoms with Gasteiger partial charge >= 0.3 is 6.18 Å². The number of hydrogen-bond acceptors (Lipinski definition) is 3. The van der Waals surface area contributed by atoms with Crippen LogP contribution in [0, 0.1) is 0 Å². The zero-order chi connectivity index (χ0) is 12.5. The Labute approximate surface area is 97.5 Å². The van der Waals surface area contributed by atoms with Crippen molar-refractivity contribution in [3.05, 3.63) is 23.3 Å². The van der Waals surface area contributed by atoms with E-state index in [1.165, 1.54) is 6.20 Å². The number of halogens is 3. The summed E-state index contributed by atoms with van der Waals surface area (Å²) in [6, 6.07) is 0.165. The van der Waals surface area contributed by atoms with Gasteiger partial charge in [0.25, 0.3) is 0 Å². The van der Waals surface area contributed by atoms with Crippen LogP contribution in [0.4, 0.5) is 13.2 Å². The van der Waals surface area contributed by atoms with Crippen LogP contribution in [-0.2, 0) is 12.8 Å². The first kappa shape index (κ1) is 12.3. The fourth-order valence-electron chi connectivity index (χ4n) is 2.15. The summed E-state index contributed by atoms with van der Waals surface area (Å²) in [6.07, 6.45) is -1.10. The SMILES string of the molecule is CNC1CCCc2nc(CC(F)(F)F)ncc21. The smallest absolute Gasteiger partial charge is 0.313 e. The van der Waals surface area contributed by atoms with Crippen molar-refractivity contribution in [1.29, 1.82) is 0 Å². The first-order valence-electron chi connectivity index (χ1n) is 5.58. The minimum absolute atomic E-state index is 0.131. The van der Waals surface area contributed by atoms with Crippen molar-refractivity contribution in [2.45, 2.75) is 37.9 Å². The van der Waals surface area contributed by atoms with E-state index in [1.54, 1.807) is 0 Å². The van der Waals surface area contributed by atoms with E-state index in [0.29, 0.717) is 0 Å². The van der Waals surface area contributed by atoms with Crippen molar-refractivity contribution in [2.24, 2.45) is 0 Å². The Hall–Kier alpha value is -1.17. The quantitative estimate of drug-likeness (QED) is 0.867. The molecule has 0 aromatic carbocycles. The van der Waals surface area contributed by atoms with Crippen LogP contribution in [0.1, 0.15) is 36.0 Å². The van der Waals surface area contributed by atoms with E-state index in [1.807, 2.05) is 7.05 Å². The van der Waals surface area contributed by atoms with Gasteiger partial charge in [0, 0.05) is 23.5 Å². The molecule has 1 N–H and O–H groups in total. The van der Waals surface area contributed by atoms with E-state index in [0.717, 1.165) is 30.5 Å². The van der Waals surface area contributed by atoms with E-state index >= 15 is 0 Å². The van der Waals surface area contributed by atoms with Gasteiger partial charge in [-0.3, -0.25) is 0 Å². The molecule has 1 atom stereocenters. The van der Waals surface area contributed by atoms with Crippen LogP contribution in [0.5, 0.6) is 0 Å². The number of rotatable bonds is 2. The van der Waals surface area contributed by atoms with E-state index < -0.39 is 12.6 Å². The Morgan fingerprint density at radius 1 is 1.47 bits per heavy atom. The zero-order valence-electron chi connectivity index (χ0n) is 9.51. The van der Waals surface area contributed by atoms with E-state index in [4.69, 9.17) is 0 Å². The third-order valence-electron chi connectivity index (χ3n) is 2.94. The van der Waals surface area contributed by atoms with E-state index in [9.17, 15) is 13.2 Å². The Morgan fingerprint density at radius 2 is 2.24 bits per heavy atom.